The third-order valence-corrected chi connectivity index (χ3v) is 2.12. The molecule has 1 fully saturated rings. The number of nitrogens with zero attached hydrogens (tertiary/aromatic N) is 1. The zero-order valence-electron chi connectivity index (χ0n) is 6.91. The lowest BCUT2D eigenvalue weighted by molar-refractivity contribution is 0.100. The minimum atomic E-state index is -0.415. The fourth-order valence-corrected chi connectivity index (χ4v) is 1.62. The second kappa shape index (κ2) is 3.09. The van der Waals surface area contributed by atoms with E-state index in [-0.39, 0.29) is 6.04 Å². The minimum Gasteiger partial charge on any atom is -0.357 e. The maximum Gasteiger partial charge on any atom is 0.428 e. The molecule has 0 aromatic rings. The van der Waals surface area contributed by atoms with Crippen LogP contribution in [0.2, 0.25) is 0 Å². The van der Waals surface area contributed by atoms with E-state index < -0.39 is 6.09 Å². The fourth-order valence-electron chi connectivity index (χ4n) is 1.62. The smallest absolute Gasteiger partial charge is 0.357 e. The predicted molar refractivity (Wildman–Crippen MR) is 40.6 cm³/mol. The number of likely N-dealkylation sites (tertiary alicyclic amines) is 1. The first-order valence-corrected chi connectivity index (χ1v) is 3.82. The van der Waals surface area contributed by atoms with Crippen LogP contribution in [0.5, 0.6) is 0 Å². The lowest BCUT2D eigenvalue weighted by Crippen LogP contribution is -2.35. The Morgan fingerprint density at radius 2 is 2.27 bits per heavy atom. The third kappa shape index (κ3) is 1.63. The second-order valence-corrected chi connectivity index (χ2v) is 3.23. The third-order valence-electron chi connectivity index (χ3n) is 2.12. The van der Waals surface area contributed by atoms with Gasteiger partial charge in [-0.2, -0.15) is 5.90 Å². The summed E-state index contributed by atoms with van der Waals surface area (Å²) in [7, 11) is 0. The van der Waals surface area contributed by atoms with Crippen LogP contribution < -0.4 is 5.90 Å². The molecular formula is C7H14N2O2. The predicted octanol–water partition coefficient (Wildman–Crippen LogP) is 0.727. The van der Waals surface area contributed by atoms with E-state index in [0.717, 1.165) is 13.0 Å². The van der Waals surface area contributed by atoms with Gasteiger partial charge in [0.25, 0.3) is 0 Å². The Kier molecular flexibility index (Phi) is 2.34. The van der Waals surface area contributed by atoms with Gasteiger partial charge in [-0.25, -0.2) is 4.79 Å². The van der Waals surface area contributed by atoms with Crippen LogP contribution in [-0.2, 0) is 4.84 Å². The van der Waals surface area contributed by atoms with Gasteiger partial charge in [0.05, 0.1) is 0 Å². The van der Waals surface area contributed by atoms with Gasteiger partial charge in [-0.3, -0.25) is 0 Å². The molecule has 1 aliphatic rings. The van der Waals surface area contributed by atoms with E-state index in [1.165, 1.54) is 0 Å². The summed E-state index contributed by atoms with van der Waals surface area (Å²) < 4.78 is 0. The highest BCUT2D eigenvalue weighted by Gasteiger charge is 2.30. The molecule has 64 valence electrons. The van der Waals surface area contributed by atoms with Crippen LogP contribution in [0, 0.1) is 5.92 Å². The van der Waals surface area contributed by atoms with Crippen molar-refractivity contribution in [1.82, 2.24) is 4.90 Å². The summed E-state index contributed by atoms with van der Waals surface area (Å²) in [5.41, 5.74) is 0. The summed E-state index contributed by atoms with van der Waals surface area (Å²) in [5, 5.41) is 0. The molecule has 0 aromatic heterocycles. The number of nitrogens with two attached hydrogens (primary N) is 1. The molecular weight excluding hydrogens is 144 g/mol. The molecule has 0 aromatic carbocycles. The van der Waals surface area contributed by atoms with Crippen LogP contribution in [0.1, 0.15) is 20.3 Å². The molecule has 11 heavy (non-hydrogen) atoms. The summed E-state index contributed by atoms with van der Waals surface area (Å²) >= 11 is 0. The van der Waals surface area contributed by atoms with Crippen LogP contribution in [0.25, 0.3) is 0 Å². The molecule has 4 heteroatoms. The van der Waals surface area contributed by atoms with Crippen LogP contribution in [0.4, 0.5) is 4.79 Å². The highest BCUT2D eigenvalue weighted by atomic mass is 16.7. The number of hydrogen-bond acceptors (Lipinski definition) is 3. The monoisotopic (exact) mass is 158 g/mol. The average Bonchev–Trinajstić information content (AvgIpc) is 2.28. The lowest BCUT2D eigenvalue weighted by Gasteiger charge is -2.18. The lowest BCUT2D eigenvalue weighted by atomic mass is 10.1. The van der Waals surface area contributed by atoms with Gasteiger partial charge in [0, 0.05) is 12.6 Å². The molecule has 1 heterocycles. The van der Waals surface area contributed by atoms with Gasteiger partial charge in [-0.1, -0.05) is 6.92 Å². The summed E-state index contributed by atoms with van der Waals surface area (Å²) in [6.45, 7) is 4.87. The molecule has 2 atom stereocenters. The van der Waals surface area contributed by atoms with Crippen molar-refractivity contribution in [1.29, 1.82) is 0 Å². The van der Waals surface area contributed by atoms with Crippen molar-refractivity contribution in [2.45, 2.75) is 26.3 Å². The quantitative estimate of drug-likeness (QED) is 0.529. The van der Waals surface area contributed by atoms with Gasteiger partial charge < -0.3 is 9.74 Å². The van der Waals surface area contributed by atoms with Crippen molar-refractivity contribution < 1.29 is 9.63 Å². The summed E-state index contributed by atoms with van der Waals surface area (Å²) in [6.07, 6.45) is 0.622. The SMILES string of the molecule is CC1CC(C)N(C(=O)ON)C1. The van der Waals surface area contributed by atoms with Crippen molar-refractivity contribution in [3.8, 4) is 0 Å². The van der Waals surface area contributed by atoms with Gasteiger partial charge in [0.2, 0.25) is 0 Å². The normalized spacial score (nSPS) is 30.6. The number of rotatable bonds is 0. The van der Waals surface area contributed by atoms with E-state index >= 15 is 0 Å². The molecule has 1 rings (SSSR count). The molecule has 1 aliphatic heterocycles. The van der Waals surface area contributed by atoms with E-state index in [0.29, 0.717) is 5.92 Å². The van der Waals surface area contributed by atoms with Crippen LogP contribution in [0.15, 0.2) is 0 Å². The molecule has 1 saturated heterocycles. The van der Waals surface area contributed by atoms with E-state index in [4.69, 9.17) is 5.90 Å². The molecule has 2 N–H and O–H groups in total. The maximum absolute atomic E-state index is 10.9. The van der Waals surface area contributed by atoms with Crippen molar-refractivity contribution in [3.05, 3.63) is 0 Å². The Hall–Kier alpha value is -0.770. The van der Waals surface area contributed by atoms with Gasteiger partial charge in [-0.05, 0) is 19.3 Å². The largest absolute Gasteiger partial charge is 0.428 e. The zero-order valence-corrected chi connectivity index (χ0v) is 6.91. The highest BCUT2D eigenvalue weighted by Crippen LogP contribution is 2.22. The topological polar surface area (TPSA) is 55.6 Å². The molecule has 2 unspecified atom stereocenters. The molecule has 1 amide bonds. The Morgan fingerprint density at radius 3 is 2.64 bits per heavy atom. The highest BCUT2D eigenvalue weighted by molar-refractivity contribution is 5.67. The van der Waals surface area contributed by atoms with Gasteiger partial charge in [0.15, 0.2) is 0 Å². The average molecular weight is 158 g/mol. The van der Waals surface area contributed by atoms with Crippen molar-refractivity contribution in [2.24, 2.45) is 11.8 Å². The Morgan fingerprint density at radius 1 is 1.64 bits per heavy atom. The van der Waals surface area contributed by atoms with Crippen molar-refractivity contribution >= 4 is 6.09 Å². The maximum atomic E-state index is 10.9. The van der Waals surface area contributed by atoms with E-state index in [2.05, 4.69) is 11.8 Å². The molecule has 0 aliphatic carbocycles. The summed E-state index contributed by atoms with van der Waals surface area (Å²) in [4.78, 5) is 16.7. The zero-order chi connectivity index (χ0) is 8.43. The van der Waals surface area contributed by atoms with Crippen molar-refractivity contribution in [3.63, 3.8) is 0 Å². The first-order chi connectivity index (χ1) is 5.15. The van der Waals surface area contributed by atoms with E-state index in [9.17, 15) is 4.79 Å². The summed E-state index contributed by atoms with van der Waals surface area (Å²) in [5.74, 6) is 5.33. The molecule has 0 bridgehead atoms. The number of amides is 1. The van der Waals surface area contributed by atoms with Gasteiger partial charge in [-0.15, -0.1) is 0 Å². The van der Waals surface area contributed by atoms with E-state index in [1.807, 2.05) is 6.92 Å². The minimum absolute atomic E-state index is 0.265. The molecule has 0 spiro atoms. The fraction of sp³-hybridized carbons (Fsp3) is 0.857. The van der Waals surface area contributed by atoms with Gasteiger partial charge in [0.1, 0.15) is 0 Å². The first-order valence-electron chi connectivity index (χ1n) is 3.82. The molecule has 4 nitrogen and oxygen atoms in total. The molecule has 0 radical (unpaired) electrons. The summed E-state index contributed by atoms with van der Waals surface area (Å²) in [6, 6.07) is 0.265. The Labute approximate surface area is 66.3 Å². The number of hydrogen-bond donors (Lipinski definition) is 1. The number of carbonyl (C=O) groups excluding carboxylic acids is 1. The Balaban J connectivity index is 2.52. The van der Waals surface area contributed by atoms with Crippen LogP contribution in [-0.4, -0.2) is 23.6 Å². The van der Waals surface area contributed by atoms with Crippen LogP contribution in [0.3, 0.4) is 0 Å². The van der Waals surface area contributed by atoms with Crippen LogP contribution >= 0.6 is 0 Å². The molecule has 0 saturated carbocycles. The standard InChI is InChI=1S/C7H14N2O2/c1-5-3-6(2)9(4-5)7(10)11-8/h5-6H,3-4,8H2,1-2H3. The Bertz CT molecular complexity index is 161. The first kappa shape index (κ1) is 8.33. The van der Waals surface area contributed by atoms with Crippen molar-refractivity contribution in [2.75, 3.05) is 6.54 Å². The van der Waals surface area contributed by atoms with Gasteiger partial charge >= 0.3 is 6.09 Å². The van der Waals surface area contributed by atoms with E-state index in [1.54, 1.807) is 4.90 Å². The second-order valence-electron chi connectivity index (χ2n) is 3.23. The number of carbonyl (C=O) groups is 1.